The van der Waals surface area contributed by atoms with Crippen molar-refractivity contribution in [2.45, 2.75) is 64.0 Å². The van der Waals surface area contributed by atoms with E-state index in [4.69, 9.17) is 0 Å². The maximum absolute atomic E-state index is 13.3. The summed E-state index contributed by atoms with van der Waals surface area (Å²) in [5, 5.41) is 4.58. The lowest BCUT2D eigenvalue weighted by molar-refractivity contribution is -0.122. The Labute approximate surface area is 202 Å². The zero-order valence-electron chi connectivity index (χ0n) is 20.0. The number of hydrogen-bond donors (Lipinski definition) is 1. The first-order chi connectivity index (χ1) is 16.7. The SMILES string of the molecule is Cc1cccc(C(CC(=O)NC2CCCCC2)c2cn(Cc3ccccc3)c3ccccc23)c1. The number of para-hydroxylation sites is 1. The molecule has 1 amide bonds. The van der Waals surface area contributed by atoms with Gasteiger partial charge in [-0.15, -0.1) is 0 Å². The molecule has 1 aliphatic carbocycles. The van der Waals surface area contributed by atoms with Gasteiger partial charge in [0, 0.05) is 42.0 Å². The van der Waals surface area contributed by atoms with Crippen molar-refractivity contribution < 1.29 is 4.79 Å². The summed E-state index contributed by atoms with van der Waals surface area (Å²) in [7, 11) is 0. The second-order valence-electron chi connectivity index (χ2n) is 9.79. The van der Waals surface area contributed by atoms with Crippen molar-refractivity contribution in [3.63, 3.8) is 0 Å². The number of nitrogens with zero attached hydrogens (tertiary/aromatic N) is 1. The van der Waals surface area contributed by atoms with Crippen LogP contribution in [0.3, 0.4) is 0 Å². The van der Waals surface area contributed by atoms with E-state index in [-0.39, 0.29) is 11.8 Å². The lowest BCUT2D eigenvalue weighted by Crippen LogP contribution is -2.36. The topological polar surface area (TPSA) is 34.0 Å². The fourth-order valence-electron chi connectivity index (χ4n) is 5.48. The van der Waals surface area contributed by atoms with Gasteiger partial charge in [-0.25, -0.2) is 0 Å². The number of amides is 1. The Morgan fingerprint density at radius 3 is 2.50 bits per heavy atom. The minimum atomic E-state index is 0.0189. The third-order valence-electron chi connectivity index (χ3n) is 7.19. The highest BCUT2D eigenvalue weighted by Gasteiger charge is 2.24. The van der Waals surface area contributed by atoms with Crippen molar-refractivity contribution in [2.24, 2.45) is 0 Å². The van der Waals surface area contributed by atoms with Crippen LogP contribution in [0.5, 0.6) is 0 Å². The van der Waals surface area contributed by atoms with E-state index in [1.54, 1.807) is 0 Å². The summed E-state index contributed by atoms with van der Waals surface area (Å²) in [5.74, 6) is 0.184. The number of carbonyl (C=O) groups is 1. The number of rotatable bonds is 7. The van der Waals surface area contributed by atoms with E-state index >= 15 is 0 Å². The van der Waals surface area contributed by atoms with Crippen LogP contribution in [0.1, 0.15) is 66.7 Å². The van der Waals surface area contributed by atoms with Crippen molar-refractivity contribution in [1.29, 1.82) is 0 Å². The van der Waals surface area contributed by atoms with Gasteiger partial charge in [0.1, 0.15) is 0 Å². The van der Waals surface area contributed by atoms with Crippen molar-refractivity contribution in [3.05, 3.63) is 107 Å². The second kappa shape index (κ2) is 10.3. The van der Waals surface area contributed by atoms with Crippen LogP contribution < -0.4 is 5.32 Å². The van der Waals surface area contributed by atoms with Gasteiger partial charge in [-0.2, -0.15) is 0 Å². The Morgan fingerprint density at radius 1 is 0.941 bits per heavy atom. The summed E-state index contributed by atoms with van der Waals surface area (Å²) in [4.78, 5) is 13.3. The van der Waals surface area contributed by atoms with E-state index in [0.29, 0.717) is 12.5 Å². The third-order valence-corrected chi connectivity index (χ3v) is 7.19. The van der Waals surface area contributed by atoms with E-state index < -0.39 is 0 Å². The van der Waals surface area contributed by atoms with Crippen LogP contribution >= 0.6 is 0 Å². The first-order valence-electron chi connectivity index (χ1n) is 12.6. The van der Waals surface area contributed by atoms with E-state index in [0.717, 1.165) is 19.4 Å². The standard InChI is InChI=1S/C31H34N2O/c1-23-11-10-14-25(19-23)28(20-31(34)32-26-15-6-3-7-16-26)29-22-33(21-24-12-4-2-5-13-24)30-18-9-8-17-27(29)30/h2,4-5,8-14,17-19,22,26,28H,3,6-7,15-16,20-21H2,1H3,(H,32,34). The van der Waals surface area contributed by atoms with Gasteiger partial charge in [0.15, 0.2) is 0 Å². The van der Waals surface area contributed by atoms with E-state index in [1.165, 1.54) is 52.4 Å². The molecular weight excluding hydrogens is 416 g/mol. The predicted octanol–water partition coefficient (Wildman–Crippen LogP) is 6.97. The minimum absolute atomic E-state index is 0.0189. The fraction of sp³-hybridized carbons (Fsp3) is 0.323. The molecule has 4 aromatic rings. The molecule has 1 fully saturated rings. The Balaban J connectivity index is 1.51. The molecule has 1 N–H and O–H groups in total. The van der Waals surface area contributed by atoms with Crippen LogP contribution in [0, 0.1) is 6.92 Å². The number of nitrogens with one attached hydrogen (secondary N) is 1. The largest absolute Gasteiger partial charge is 0.353 e. The number of aromatic nitrogens is 1. The predicted molar refractivity (Wildman–Crippen MR) is 140 cm³/mol. The second-order valence-corrected chi connectivity index (χ2v) is 9.79. The summed E-state index contributed by atoms with van der Waals surface area (Å²) in [6, 6.07) is 28.2. The molecule has 3 heteroatoms. The van der Waals surface area contributed by atoms with Crippen molar-refractivity contribution >= 4 is 16.8 Å². The molecule has 0 spiro atoms. The highest BCUT2D eigenvalue weighted by molar-refractivity contribution is 5.87. The normalized spacial score (nSPS) is 15.3. The average Bonchev–Trinajstić information content (AvgIpc) is 3.22. The molecular formula is C31H34N2O. The van der Waals surface area contributed by atoms with E-state index in [9.17, 15) is 4.79 Å². The van der Waals surface area contributed by atoms with Gasteiger partial charge in [-0.05, 0) is 42.5 Å². The van der Waals surface area contributed by atoms with Gasteiger partial charge < -0.3 is 9.88 Å². The van der Waals surface area contributed by atoms with Crippen LogP contribution in [0.15, 0.2) is 85.1 Å². The zero-order chi connectivity index (χ0) is 23.3. The smallest absolute Gasteiger partial charge is 0.221 e. The molecule has 1 unspecified atom stereocenters. The monoisotopic (exact) mass is 450 g/mol. The van der Waals surface area contributed by atoms with Crippen molar-refractivity contribution in [3.8, 4) is 0 Å². The first-order valence-corrected chi connectivity index (χ1v) is 12.6. The molecule has 0 radical (unpaired) electrons. The van der Waals surface area contributed by atoms with Crippen LogP contribution in [-0.2, 0) is 11.3 Å². The van der Waals surface area contributed by atoms with Crippen LogP contribution in [0.4, 0.5) is 0 Å². The molecule has 174 valence electrons. The minimum Gasteiger partial charge on any atom is -0.353 e. The molecule has 3 aromatic carbocycles. The van der Waals surface area contributed by atoms with Crippen LogP contribution in [-0.4, -0.2) is 16.5 Å². The highest BCUT2D eigenvalue weighted by Crippen LogP contribution is 2.35. The Morgan fingerprint density at radius 2 is 1.71 bits per heavy atom. The molecule has 1 aromatic heterocycles. The van der Waals surface area contributed by atoms with Gasteiger partial charge in [0.05, 0.1) is 0 Å². The maximum atomic E-state index is 13.3. The molecule has 0 saturated heterocycles. The van der Waals surface area contributed by atoms with Crippen molar-refractivity contribution in [2.75, 3.05) is 0 Å². The molecule has 34 heavy (non-hydrogen) atoms. The van der Waals surface area contributed by atoms with E-state index in [1.807, 2.05) is 0 Å². The first kappa shape index (κ1) is 22.5. The van der Waals surface area contributed by atoms with E-state index in [2.05, 4.69) is 102 Å². The number of hydrogen-bond acceptors (Lipinski definition) is 1. The van der Waals surface area contributed by atoms with Crippen LogP contribution in [0.25, 0.3) is 10.9 Å². The molecule has 1 atom stereocenters. The molecule has 5 rings (SSSR count). The highest BCUT2D eigenvalue weighted by atomic mass is 16.1. The number of carbonyl (C=O) groups excluding carboxylic acids is 1. The summed E-state index contributed by atoms with van der Waals surface area (Å²) in [5.41, 5.74) is 6.16. The lowest BCUT2D eigenvalue weighted by Gasteiger charge is -2.24. The van der Waals surface area contributed by atoms with Gasteiger partial charge >= 0.3 is 0 Å². The molecule has 0 bridgehead atoms. The Bertz CT molecular complexity index is 1250. The number of benzene rings is 3. The Kier molecular flexibility index (Phi) is 6.80. The fourth-order valence-corrected chi connectivity index (χ4v) is 5.48. The summed E-state index contributed by atoms with van der Waals surface area (Å²) in [6.45, 7) is 2.94. The van der Waals surface area contributed by atoms with Gasteiger partial charge in [0.2, 0.25) is 5.91 Å². The third kappa shape index (κ3) is 5.09. The summed E-state index contributed by atoms with van der Waals surface area (Å²) >= 11 is 0. The van der Waals surface area contributed by atoms with Gasteiger partial charge in [-0.3, -0.25) is 4.79 Å². The zero-order valence-corrected chi connectivity index (χ0v) is 20.0. The molecule has 0 aliphatic heterocycles. The van der Waals surface area contributed by atoms with Gasteiger partial charge in [-0.1, -0.05) is 97.6 Å². The van der Waals surface area contributed by atoms with Crippen molar-refractivity contribution in [1.82, 2.24) is 9.88 Å². The molecule has 1 aliphatic rings. The Hall–Kier alpha value is -3.33. The van der Waals surface area contributed by atoms with Gasteiger partial charge in [0.25, 0.3) is 0 Å². The lowest BCUT2D eigenvalue weighted by atomic mass is 9.87. The summed E-state index contributed by atoms with van der Waals surface area (Å²) in [6.07, 6.45) is 8.70. The van der Waals surface area contributed by atoms with Crippen LogP contribution in [0.2, 0.25) is 0 Å². The summed E-state index contributed by atoms with van der Waals surface area (Å²) < 4.78 is 2.34. The molecule has 3 nitrogen and oxygen atoms in total. The molecule has 1 saturated carbocycles. The quantitative estimate of drug-likeness (QED) is 0.324. The number of aryl methyl sites for hydroxylation is 1. The maximum Gasteiger partial charge on any atom is 0.221 e. The molecule has 1 heterocycles. The number of fused-ring (bicyclic) bond motifs is 1. The average molecular weight is 451 g/mol.